The highest BCUT2D eigenvalue weighted by molar-refractivity contribution is 6.62. The molecule has 0 aromatic carbocycles. The van der Waals surface area contributed by atoms with Crippen LogP contribution in [0, 0.1) is 11.8 Å². The van der Waals surface area contributed by atoms with Crippen molar-refractivity contribution >= 4 is 29.5 Å². The third-order valence-corrected chi connectivity index (χ3v) is 3.77. The Hall–Kier alpha value is -2.74. The highest BCUT2D eigenvalue weighted by Crippen LogP contribution is 2.26. The van der Waals surface area contributed by atoms with Gasteiger partial charge in [-0.2, -0.15) is 4.79 Å². The molecule has 1 saturated heterocycles. The molecule has 25 heavy (non-hydrogen) atoms. The fraction of sp³-hybridized carbons (Fsp3) is 0.667. The number of Topliss-reactive ketones (excluding diaryl/α,β-unsaturated/α-hetero) is 1. The largest absolute Gasteiger partial charge is 0.472 e. The second kappa shape index (κ2) is 7.43. The van der Waals surface area contributed by atoms with E-state index >= 15 is 0 Å². The Morgan fingerprint density at radius 3 is 2.28 bits per heavy atom. The fourth-order valence-corrected chi connectivity index (χ4v) is 2.55. The van der Waals surface area contributed by atoms with Gasteiger partial charge in [0.2, 0.25) is 5.91 Å². The molecule has 10 nitrogen and oxygen atoms in total. The number of carbonyl (C=O) groups excluding carboxylic acids is 3. The lowest BCUT2D eigenvalue weighted by atomic mass is 9.75. The van der Waals surface area contributed by atoms with Gasteiger partial charge in [-0.3, -0.25) is 9.59 Å². The van der Waals surface area contributed by atoms with E-state index in [4.69, 9.17) is 15.4 Å². The predicted octanol–water partition coefficient (Wildman–Crippen LogP) is -0.0252. The van der Waals surface area contributed by atoms with Crippen LogP contribution in [0.2, 0.25) is 0 Å². The van der Waals surface area contributed by atoms with E-state index in [1.54, 1.807) is 27.7 Å². The number of ketones is 1. The number of nitrogens with one attached hydrogen (secondary N) is 2. The van der Waals surface area contributed by atoms with Crippen molar-refractivity contribution in [2.24, 2.45) is 11.8 Å². The zero-order valence-corrected chi connectivity index (χ0v) is 14.7. The summed E-state index contributed by atoms with van der Waals surface area (Å²) in [5.41, 5.74) is 6.95. The summed E-state index contributed by atoms with van der Waals surface area (Å²) >= 11 is 0. The van der Waals surface area contributed by atoms with Crippen LogP contribution in [0.25, 0.3) is 5.53 Å². The number of β-lactam (4-membered cyclic amide) rings is 1. The maximum Gasteiger partial charge on any atom is 0.441 e. The van der Waals surface area contributed by atoms with E-state index in [9.17, 15) is 19.2 Å². The average molecular weight is 354 g/mol. The second-order valence-corrected chi connectivity index (χ2v) is 6.90. The molecule has 0 spiro atoms. The summed E-state index contributed by atoms with van der Waals surface area (Å²) in [4.78, 5) is 49.1. The summed E-state index contributed by atoms with van der Waals surface area (Å²) in [5, 5.41) is 13.9. The minimum atomic E-state index is -1.67. The zero-order valence-electron chi connectivity index (χ0n) is 14.7. The summed E-state index contributed by atoms with van der Waals surface area (Å²) < 4.78 is 5.11. The molecule has 1 fully saturated rings. The van der Waals surface area contributed by atoms with Crippen LogP contribution in [0.1, 0.15) is 34.6 Å². The number of carboxylic acid groups (broad SMARTS) is 1. The topological polar surface area (TPSA) is 158 Å². The number of nitrogens with zero attached hydrogens (tertiary/aromatic N) is 2. The molecule has 0 unspecified atom stereocenters. The molecular weight excluding hydrogens is 332 g/mol. The van der Waals surface area contributed by atoms with Gasteiger partial charge in [0.1, 0.15) is 5.60 Å². The molecule has 0 saturated carbocycles. The van der Waals surface area contributed by atoms with Gasteiger partial charge in [-0.25, -0.2) is 9.59 Å². The minimum Gasteiger partial charge on any atom is -0.472 e. The normalized spacial score (nSPS) is 21.7. The Kier molecular flexibility index (Phi) is 6.04. The van der Waals surface area contributed by atoms with Crippen LogP contribution in [-0.4, -0.2) is 57.0 Å². The molecule has 3 N–H and O–H groups in total. The number of amides is 2. The first kappa shape index (κ1) is 20.3. The van der Waals surface area contributed by atoms with Crippen LogP contribution >= 0.6 is 0 Å². The number of hydrogen-bond donors (Lipinski definition) is 3. The van der Waals surface area contributed by atoms with Crippen LogP contribution in [0.5, 0.6) is 0 Å². The van der Waals surface area contributed by atoms with E-state index in [0.29, 0.717) is 0 Å². The van der Waals surface area contributed by atoms with E-state index in [1.165, 1.54) is 6.92 Å². The van der Waals surface area contributed by atoms with Gasteiger partial charge in [0.25, 0.3) is 5.78 Å². The van der Waals surface area contributed by atoms with E-state index in [0.717, 1.165) is 0 Å². The third kappa shape index (κ3) is 4.87. The van der Waals surface area contributed by atoms with Crippen molar-refractivity contribution in [1.29, 1.82) is 0 Å². The molecular formula is C15H22N4O6. The van der Waals surface area contributed by atoms with Crippen molar-refractivity contribution < 1.29 is 33.8 Å². The SMILES string of the molecule is C[C@@H](NC(=O)OC(C)(C)C)[C@H]1C(=O)N[C@@H]1[C@@H](C)C(=O)C(=[N+]=[N-])C(=O)O. The van der Waals surface area contributed by atoms with Gasteiger partial charge in [0.15, 0.2) is 0 Å². The molecule has 138 valence electrons. The van der Waals surface area contributed by atoms with Crippen molar-refractivity contribution in [3.63, 3.8) is 0 Å². The van der Waals surface area contributed by atoms with Gasteiger partial charge >= 0.3 is 17.8 Å². The van der Waals surface area contributed by atoms with Gasteiger partial charge in [-0.05, 0) is 27.7 Å². The van der Waals surface area contributed by atoms with Crippen LogP contribution in [0.15, 0.2) is 0 Å². The maximum atomic E-state index is 12.1. The fourth-order valence-electron chi connectivity index (χ4n) is 2.55. The number of alkyl carbamates (subject to hydrolysis) is 1. The quantitative estimate of drug-likeness (QED) is 0.200. The molecule has 0 bridgehead atoms. The minimum absolute atomic E-state index is 0.383. The van der Waals surface area contributed by atoms with E-state index in [-0.39, 0.29) is 5.91 Å². The summed E-state index contributed by atoms with van der Waals surface area (Å²) in [6.07, 6.45) is -0.708. The van der Waals surface area contributed by atoms with Gasteiger partial charge in [0, 0.05) is 12.0 Å². The zero-order chi connectivity index (χ0) is 19.5. The molecule has 4 atom stereocenters. The molecule has 0 aliphatic carbocycles. The number of ether oxygens (including phenoxy) is 1. The summed E-state index contributed by atoms with van der Waals surface area (Å²) in [7, 11) is 0. The highest BCUT2D eigenvalue weighted by Gasteiger charge is 2.50. The highest BCUT2D eigenvalue weighted by atomic mass is 16.6. The number of hydrogen-bond acceptors (Lipinski definition) is 5. The van der Waals surface area contributed by atoms with Gasteiger partial charge in [0.05, 0.1) is 12.0 Å². The van der Waals surface area contributed by atoms with E-state index in [2.05, 4.69) is 15.4 Å². The Balaban J connectivity index is 2.82. The molecule has 2 amide bonds. The van der Waals surface area contributed by atoms with Gasteiger partial charge in [-0.1, -0.05) is 6.92 Å². The molecule has 0 aromatic heterocycles. The van der Waals surface area contributed by atoms with E-state index in [1.807, 2.05) is 0 Å². The maximum absolute atomic E-state index is 12.1. The molecule has 0 aromatic rings. The summed E-state index contributed by atoms with van der Waals surface area (Å²) in [6.45, 7) is 8.07. The molecule has 1 heterocycles. The lowest BCUT2D eigenvalue weighted by Gasteiger charge is -2.42. The molecule has 0 radical (unpaired) electrons. The van der Waals surface area contributed by atoms with Crippen molar-refractivity contribution in [2.45, 2.75) is 52.3 Å². The first-order chi connectivity index (χ1) is 11.4. The number of carbonyl (C=O) groups is 4. The Labute approximate surface area is 144 Å². The number of aliphatic carboxylic acids is 1. The molecule has 1 rings (SSSR count). The Morgan fingerprint density at radius 1 is 1.32 bits per heavy atom. The third-order valence-electron chi connectivity index (χ3n) is 3.77. The molecule has 1 aliphatic rings. The average Bonchev–Trinajstić information content (AvgIpc) is 2.41. The van der Waals surface area contributed by atoms with E-state index < -0.39 is 53.1 Å². The monoisotopic (exact) mass is 354 g/mol. The van der Waals surface area contributed by atoms with Gasteiger partial charge < -0.3 is 26.0 Å². The lowest BCUT2D eigenvalue weighted by Crippen LogP contribution is -2.68. The van der Waals surface area contributed by atoms with Crippen molar-refractivity contribution in [3.05, 3.63) is 5.53 Å². The standard InChI is InChI=1S/C15H22N4O6/c1-6(11(20)10(19-16)13(22)23)9-8(12(21)18-9)7(2)17-14(24)25-15(3,4)5/h6-9H,1-5H3,(H,17,24)(H,18,21)(H,22,23)/t6-,7-,8-,9-/m1/s1. The first-order valence-corrected chi connectivity index (χ1v) is 7.68. The predicted molar refractivity (Wildman–Crippen MR) is 84.7 cm³/mol. The van der Waals surface area contributed by atoms with Crippen molar-refractivity contribution in [2.75, 3.05) is 0 Å². The number of rotatable bonds is 6. The summed E-state index contributed by atoms with van der Waals surface area (Å²) in [6, 6.07) is -1.36. The smallest absolute Gasteiger partial charge is 0.441 e. The molecule has 10 heteroatoms. The van der Waals surface area contributed by atoms with Crippen LogP contribution in [0.3, 0.4) is 0 Å². The first-order valence-electron chi connectivity index (χ1n) is 7.68. The number of carboxylic acids is 1. The Morgan fingerprint density at radius 2 is 1.88 bits per heavy atom. The van der Waals surface area contributed by atoms with Gasteiger partial charge in [-0.15, -0.1) is 0 Å². The van der Waals surface area contributed by atoms with Crippen molar-refractivity contribution in [1.82, 2.24) is 10.6 Å². The Bertz CT molecular complexity index is 647. The lowest BCUT2D eigenvalue weighted by molar-refractivity contribution is -0.141. The van der Waals surface area contributed by atoms with Crippen LogP contribution < -0.4 is 10.6 Å². The van der Waals surface area contributed by atoms with Crippen molar-refractivity contribution in [3.8, 4) is 0 Å². The molecule has 1 aliphatic heterocycles. The second-order valence-electron chi connectivity index (χ2n) is 6.90. The van der Waals surface area contributed by atoms with Crippen LogP contribution in [-0.2, 0) is 19.1 Å². The summed E-state index contributed by atoms with van der Waals surface area (Å²) in [5.74, 6) is -4.67. The van der Waals surface area contributed by atoms with Crippen LogP contribution in [0.4, 0.5) is 4.79 Å².